The predicted molar refractivity (Wildman–Crippen MR) is 80.4 cm³/mol. The van der Waals surface area contributed by atoms with Crippen molar-refractivity contribution in [1.29, 1.82) is 0 Å². The molecule has 0 unspecified atom stereocenters. The Bertz CT molecular complexity index is 694. The van der Waals surface area contributed by atoms with Crippen LogP contribution in [0, 0.1) is 12.7 Å². The first-order valence-electron chi connectivity index (χ1n) is 6.11. The number of carbonyl (C=O) groups is 1. The summed E-state index contributed by atoms with van der Waals surface area (Å²) in [5.41, 5.74) is 1.08. The highest BCUT2D eigenvalue weighted by molar-refractivity contribution is 6.58. The van der Waals surface area contributed by atoms with E-state index < -0.39 is 18.8 Å². The molecule has 7 heteroatoms. The Morgan fingerprint density at radius 2 is 2.00 bits per heavy atom. The van der Waals surface area contributed by atoms with Crippen molar-refractivity contribution in [3.8, 4) is 0 Å². The van der Waals surface area contributed by atoms with Crippen LogP contribution in [0.1, 0.15) is 15.9 Å². The number of rotatable bonds is 3. The van der Waals surface area contributed by atoms with Gasteiger partial charge in [-0.25, -0.2) is 4.39 Å². The van der Waals surface area contributed by atoms with Crippen LogP contribution in [-0.4, -0.2) is 23.1 Å². The number of amides is 1. The number of halogens is 2. The Morgan fingerprint density at radius 1 is 1.29 bits per heavy atom. The molecule has 3 N–H and O–H groups in total. The van der Waals surface area contributed by atoms with Crippen molar-refractivity contribution >= 4 is 35.8 Å². The maximum Gasteiger partial charge on any atom is 0.488 e. The Hall–Kier alpha value is -1.89. The van der Waals surface area contributed by atoms with Crippen molar-refractivity contribution in [2.24, 2.45) is 0 Å². The minimum absolute atomic E-state index is 0.0162. The Labute approximate surface area is 126 Å². The lowest BCUT2D eigenvalue weighted by Gasteiger charge is -2.10. The van der Waals surface area contributed by atoms with Gasteiger partial charge < -0.3 is 15.4 Å². The van der Waals surface area contributed by atoms with Gasteiger partial charge in [0.25, 0.3) is 5.91 Å². The first kappa shape index (κ1) is 15.5. The fourth-order valence-corrected chi connectivity index (χ4v) is 2.00. The molecule has 0 spiro atoms. The number of anilines is 1. The summed E-state index contributed by atoms with van der Waals surface area (Å²) in [6, 6.07) is 8.21. The van der Waals surface area contributed by atoms with Gasteiger partial charge in [0.15, 0.2) is 0 Å². The summed E-state index contributed by atoms with van der Waals surface area (Å²) < 4.78 is 13.4. The maximum absolute atomic E-state index is 13.4. The molecule has 2 aromatic rings. The molecular formula is C14H12BClFNO3. The molecule has 0 saturated heterocycles. The predicted octanol–water partition coefficient (Wildman–Crippen LogP) is 1.72. The molecule has 2 rings (SSSR count). The Kier molecular flexibility index (Phi) is 4.62. The first-order valence-corrected chi connectivity index (χ1v) is 6.49. The third-order valence-electron chi connectivity index (χ3n) is 3.00. The topological polar surface area (TPSA) is 69.6 Å². The van der Waals surface area contributed by atoms with Gasteiger partial charge in [0.05, 0.1) is 0 Å². The third-order valence-corrected chi connectivity index (χ3v) is 3.41. The summed E-state index contributed by atoms with van der Waals surface area (Å²) in [6.45, 7) is 1.74. The normalized spacial score (nSPS) is 10.3. The fourth-order valence-electron chi connectivity index (χ4n) is 1.83. The minimum atomic E-state index is -1.85. The van der Waals surface area contributed by atoms with Gasteiger partial charge in [-0.1, -0.05) is 17.7 Å². The molecule has 0 saturated carbocycles. The lowest BCUT2D eigenvalue weighted by molar-refractivity contribution is 0.102. The molecule has 0 aliphatic heterocycles. The van der Waals surface area contributed by atoms with Crippen LogP contribution in [0.5, 0.6) is 0 Å². The highest BCUT2D eigenvalue weighted by Crippen LogP contribution is 2.23. The second-order valence-electron chi connectivity index (χ2n) is 4.51. The van der Waals surface area contributed by atoms with Gasteiger partial charge in [0.2, 0.25) is 0 Å². The minimum Gasteiger partial charge on any atom is -0.423 e. The zero-order chi connectivity index (χ0) is 15.6. The van der Waals surface area contributed by atoms with E-state index in [1.165, 1.54) is 6.07 Å². The van der Waals surface area contributed by atoms with Gasteiger partial charge in [-0.2, -0.15) is 0 Å². The average Bonchev–Trinajstić information content (AvgIpc) is 2.43. The van der Waals surface area contributed by atoms with E-state index in [4.69, 9.17) is 21.6 Å². The van der Waals surface area contributed by atoms with Crippen LogP contribution in [0.2, 0.25) is 5.02 Å². The molecular weight excluding hydrogens is 295 g/mol. The summed E-state index contributed by atoms with van der Waals surface area (Å²) in [4.78, 5) is 12.1. The number of hydrogen-bond acceptors (Lipinski definition) is 3. The van der Waals surface area contributed by atoms with E-state index in [0.717, 1.165) is 12.1 Å². The fraction of sp³-hybridized carbons (Fsp3) is 0.0714. The van der Waals surface area contributed by atoms with Crippen molar-refractivity contribution < 1.29 is 19.2 Å². The van der Waals surface area contributed by atoms with E-state index in [1.807, 2.05) is 0 Å². The molecule has 4 nitrogen and oxygen atoms in total. The van der Waals surface area contributed by atoms with Crippen molar-refractivity contribution in [2.45, 2.75) is 6.92 Å². The summed E-state index contributed by atoms with van der Waals surface area (Å²) in [6.07, 6.45) is 0. The highest BCUT2D eigenvalue weighted by Gasteiger charge is 2.17. The van der Waals surface area contributed by atoms with E-state index in [2.05, 4.69) is 5.32 Å². The maximum atomic E-state index is 13.4. The van der Waals surface area contributed by atoms with Crippen molar-refractivity contribution in [2.75, 3.05) is 5.32 Å². The number of carbonyl (C=O) groups excluding carboxylic acids is 1. The molecule has 0 heterocycles. The zero-order valence-electron chi connectivity index (χ0n) is 11.1. The molecule has 1 amide bonds. The van der Waals surface area contributed by atoms with Crippen molar-refractivity contribution in [3.63, 3.8) is 0 Å². The van der Waals surface area contributed by atoms with Crippen molar-refractivity contribution in [3.05, 3.63) is 58.4 Å². The molecule has 0 aliphatic carbocycles. The van der Waals surface area contributed by atoms with E-state index in [1.54, 1.807) is 25.1 Å². The molecule has 0 bridgehead atoms. The van der Waals surface area contributed by atoms with Crippen LogP contribution in [0.3, 0.4) is 0 Å². The largest absolute Gasteiger partial charge is 0.488 e. The molecule has 2 aromatic carbocycles. The average molecular weight is 308 g/mol. The number of nitrogens with one attached hydrogen (secondary N) is 1. The van der Waals surface area contributed by atoms with Gasteiger partial charge in [-0.3, -0.25) is 4.79 Å². The standard InChI is InChI=1S/C14H12BClFNO3/c1-8-12(16)3-2-4-13(8)18-14(19)9-5-10(15(20)21)7-11(17)6-9/h2-7,20-21H,1H3,(H,18,19). The summed E-state index contributed by atoms with van der Waals surface area (Å²) >= 11 is 5.96. The van der Waals surface area contributed by atoms with Gasteiger partial charge in [-0.15, -0.1) is 0 Å². The highest BCUT2D eigenvalue weighted by atomic mass is 35.5. The van der Waals surface area contributed by atoms with Crippen LogP contribution in [0.4, 0.5) is 10.1 Å². The molecule has 0 aromatic heterocycles. The lowest BCUT2D eigenvalue weighted by Crippen LogP contribution is -2.31. The van der Waals surface area contributed by atoms with Gasteiger partial charge in [0.1, 0.15) is 5.82 Å². The molecule has 21 heavy (non-hydrogen) atoms. The SMILES string of the molecule is Cc1c(Cl)cccc1NC(=O)c1cc(F)cc(B(O)O)c1. The van der Waals surface area contributed by atoms with Crippen molar-refractivity contribution in [1.82, 2.24) is 0 Å². The molecule has 108 valence electrons. The van der Waals surface area contributed by atoms with Crippen LogP contribution < -0.4 is 10.8 Å². The van der Waals surface area contributed by atoms with Crippen LogP contribution in [0.15, 0.2) is 36.4 Å². The monoisotopic (exact) mass is 307 g/mol. The zero-order valence-corrected chi connectivity index (χ0v) is 11.9. The summed E-state index contributed by atoms with van der Waals surface area (Å²) in [5.74, 6) is -1.30. The van der Waals surface area contributed by atoms with E-state index in [9.17, 15) is 9.18 Å². The Balaban J connectivity index is 2.30. The lowest BCUT2D eigenvalue weighted by atomic mass is 9.79. The Morgan fingerprint density at radius 3 is 2.67 bits per heavy atom. The summed E-state index contributed by atoms with van der Waals surface area (Å²) in [7, 11) is -1.85. The quantitative estimate of drug-likeness (QED) is 0.756. The van der Waals surface area contributed by atoms with Gasteiger partial charge in [0, 0.05) is 16.3 Å². The van der Waals surface area contributed by atoms with Gasteiger partial charge in [-0.05, 0) is 48.3 Å². The van der Waals surface area contributed by atoms with Crippen LogP contribution in [-0.2, 0) is 0 Å². The van der Waals surface area contributed by atoms with E-state index in [-0.39, 0.29) is 11.0 Å². The molecule has 0 aliphatic rings. The smallest absolute Gasteiger partial charge is 0.423 e. The number of hydrogen-bond donors (Lipinski definition) is 3. The number of benzene rings is 2. The third kappa shape index (κ3) is 3.61. The first-order chi connectivity index (χ1) is 9.88. The molecule has 0 fully saturated rings. The second-order valence-corrected chi connectivity index (χ2v) is 4.92. The van der Waals surface area contributed by atoms with Crippen LogP contribution >= 0.6 is 11.6 Å². The van der Waals surface area contributed by atoms with E-state index >= 15 is 0 Å². The van der Waals surface area contributed by atoms with Crippen LogP contribution in [0.25, 0.3) is 0 Å². The molecule has 0 radical (unpaired) electrons. The second kappa shape index (κ2) is 6.26. The molecule has 0 atom stereocenters. The summed E-state index contributed by atoms with van der Waals surface area (Å²) in [5, 5.41) is 21.2. The van der Waals surface area contributed by atoms with Gasteiger partial charge >= 0.3 is 7.12 Å². The van der Waals surface area contributed by atoms with E-state index in [0.29, 0.717) is 16.3 Å².